The molecule has 0 fully saturated rings. The summed E-state index contributed by atoms with van der Waals surface area (Å²) in [5.41, 5.74) is 5.35. The second-order valence-electron chi connectivity index (χ2n) is 3.77. The second kappa shape index (κ2) is 12.3. The van der Waals surface area contributed by atoms with E-state index in [0.29, 0.717) is 6.42 Å². The minimum absolute atomic E-state index is 0. The summed E-state index contributed by atoms with van der Waals surface area (Å²) < 4.78 is 4.47. The topological polar surface area (TPSA) is 110 Å². The zero-order valence-electron chi connectivity index (χ0n) is 10.9. The van der Waals surface area contributed by atoms with Crippen molar-refractivity contribution >= 4 is 17.9 Å². The van der Waals surface area contributed by atoms with Gasteiger partial charge in [-0.25, -0.2) is 4.79 Å². The minimum atomic E-state index is -1.29. The summed E-state index contributed by atoms with van der Waals surface area (Å²) in [7, 11) is 0. The van der Waals surface area contributed by atoms with Crippen LogP contribution in [0.1, 0.15) is 45.4 Å². The molecule has 6 nitrogen and oxygen atoms in total. The molecule has 0 aromatic heterocycles. The molecule has 0 aromatic rings. The van der Waals surface area contributed by atoms with Gasteiger partial charge >= 0.3 is 63.3 Å². The van der Waals surface area contributed by atoms with Crippen LogP contribution in [0.3, 0.4) is 0 Å². The monoisotopic (exact) mass is 283 g/mol. The van der Waals surface area contributed by atoms with E-state index in [1.807, 2.05) is 6.92 Å². The Morgan fingerprint density at radius 3 is 2.33 bits per heavy atom. The first-order valence-corrected chi connectivity index (χ1v) is 5.67. The Morgan fingerprint density at radius 2 is 1.83 bits per heavy atom. The van der Waals surface area contributed by atoms with Crippen LogP contribution in [0.25, 0.3) is 0 Å². The molecule has 0 aromatic carbocycles. The fraction of sp³-hybridized carbons (Fsp3) is 0.727. The van der Waals surface area contributed by atoms with Crippen LogP contribution >= 0.6 is 0 Å². The fourth-order valence-corrected chi connectivity index (χ4v) is 1.15. The molecule has 0 aliphatic heterocycles. The molecule has 0 rings (SSSR count). The zero-order valence-corrected chi connectivity index (χ0v) is 14.1. The van der Waals surface area contributed by atoms with Gasteiger partial charge in [0, 0.05) is 12.4 Å². The molecule has 0 aliphatic rings. The molecule has 98 valence electrons. The molecule has 0 saturated heterocycles. The summed E-state index contributed by atoms with van der Waals surface area (Å²) in [6.07, 6.45) is 2.26. The first-order chi connectivity index (χ1) is 7.97. The third-order valence-corrected chi connectivity index (χ3v) is 2.16. The van der Waals surface area contributed by atoms with Crippen LogP contribution in [0.5, 0.6) is 0 Å². The normalized spacial score (nSPS) is 11.2. The zero-order chi connectivity index (χ0) is 13.3. The first kappa shape index (κ1) is 20.5. The number of carboxylic acid groups (broad SMARTS) is 1. The Kier molecular flexibility index (Phi) is 14.0. The molecule has 0 saturated carbocycles. The molecule has 7 heteroatoms. The van der Waals surface area contributed by atoms with E-state index in [9.17, 15) is 19.5 Å². The van der Waals surface area contributed by atoms with Crippen molar-refractivity contribution < 1.29 is 75.6 Å². The molecular formula is C11H18KNO5. The Balaban J connectivity index is 0. The SMILES string of the molecule is CCCCCC(=O)OC(=O)[C@@H](N)CCC(=O)[O-].[K+]. The van der Waals surface area contributed by atoms with Gasteiger partial charge in [0.2, 0.25) is 0 Å². The van der Waals surface area contributed by atoms with Crippen LogP contribution in [0.4, 0.5) is 0 Å². The van der Waals surface area contributed by atoms with E-state index >= 15 is 0 Å². The smallest absolute Gasteiger partial charge is 0.550 e. The maximum Gasteiger partial charge on any atom is 1.00 e. The van der Waals surface area contributed by atoms with E-state index in [4.69, 9.17) is 5.73 Å². The number of carbonyl (C=O) groups is 3. The maximum atomic E-state index is 11.2. The number of ether oxygens (including phenoxy) is 1. The average molecular weight is 283 g/mol. The van der Waals surface area contributed by atoms with Crippen molar-refractivity contribution in [3.8, 4) is 0 Å². The van der Waals surface area contributed by atoms with Crippen molar-refractivity contribution in [2.75, 3.05) is 0 Å². The Labute approximate surface area is 149 Å². The van der Waals surface area contributed by atoms with Crippen LogP contribution in [-0.4, -0.2) is 23.9 Å². The number of carboxylic acids is 1. The Hall–Kier alpha value is 0.206. The molecule has 0 aliphatic carbocycles. The van der Waals surface area contributed by atoms with Crippen molar-refractivity contribution in [3.63, 3.8) is 0 Å². The molecule has 0 unspecified atom stereocenters. The molecule has 18 heavy (non-hydrogen) atoms. The molecule has 0 amide bonds. The van der Waals surface area contributed by atoms with Crippen molar-refractivity contribution in [1.82, 2.24) is 0 Å². The standard InChI is InChI=1S/C11H19NO5.K/c1-2-3-4-5-10(15)17-11(16)8(12)6-7-9(13)14;/h8H,2-7,12H2,1H3,(H,13,14);/q;+1/p-1/t8-;/m0./s1. The second-order valence-corrected chi connectivity index (χ2v) is 3.77. The summed E-state index contributed by atoms with van der Waals surface area (Å²) in [5, 5.41) is 10.1. The third kappa shape index (κ3) is 11.3. The Bertz CT molecular complexity index is 283. The summed E-state index contributed by atoms with van der Waals surface area (Å²) in [5.74, 6) is -2.79. The van der Waals surface area contributed by atoms with E-state index in [2.05, 4.69) is 4.74 Å². The number of nitrogens with two attached hydrogens (primary N) is 1. The van der Waals surface area contributed by atoms with E-state index in [1.54, 1.807) is 0 Å². The van der Waals surface area contributed by atoms with Gasteiger partial charge in [0.1, 0.15) is 6.04 Å². The van der Waals surface area contributed by atoms with Crippen LogP contribution in [0.15, 0.2) is 0 Å². The summed E-state index contributed by atoms with van der Waals surface area (Å²) in [6.45, 7) is 1.99. The van der Waals surface area contributed by atoms with Gasteiger partial charge in [-0.2, -0.15) is 0 Å². The van der Waals surface area contributed by atoms with Gasteiger partial charge in [0.05, 0.1) is 0 Å². The summed E-state index contributed by atoms with van der Waals surface area (Å²) >= 11 is 0. The third-order valence-electron chi connectivity index (χ3n) is 2.16. The van der Waals surface area contributed by atoms with E-state index in [0.717, 1.165) is 12.8 Å². The van der Waals surface area contributed by atoms with Crippen molar-refractivity contribution in [2.24, 2.45) is 5.73 Å². The molecule has 2 N–H and O–H groups in total. The molecule has 0 radical (unpaired) electrons. The van der Waals surface area contributed by atoms with Gasteiger partial charge in [0.25, 0.3) is 0 Å². The predicted molar refractivity (Wildman–Crippen MR) is 57.5 cm³/mol. The van der Waals surface area contributed by atoms with E-state index < -0.39 is 23.9 Å². The first-order valence-electron chi connectivity index (χ1n) is 5.67. The number of rotatable bonds is 8. The van der Waals surface area contributed by atoms with Crippen LogP contribution in [0.2, 0.25) is 0 Å². The molecule has 0 spiro atoms. The largest absolute Gasteiger partial charge is 1.00 e. The van der Waals surface area contributed by atoms with Gasteiger partial charge in [-0.15, -0.1) is 0 Å². The van der Waals surface area contributed by atoms with Gasteiger partial charge in [-0.3, -0.25) is 4.79 Å². The fourth-order valence-electron chi connectivity index (χ4n) is 1.15. The van der Waals surface area contributed by atoms with Gasteiger partial charge in [0.15, 0.2) is 0 Å². The van der Waals surface area contributed by atoms with Gasteiger partial charge in [-0.1, -0.05) is 19.8 Å². The summed E-state index contributed by atoms with van der Waals surface area (Å²) in [6, 6.07) is -1.09. The van der Waals surface area contributed by atoms with Crippen LogP contribution < -0.4 is 62.2 Å². The average Bonchev–Trinajstić information content (AvgIpc) is 2.26. The number of esters is 2. The van der Waals surface area contributed by atoms with Crippen molar-refractivity contribution in [2.45, 2.75) is 51.5 Å². The van der Waals surface area contributed by atoms with Crippen molar-refractivity contribution in [3.05, 3.63) is 0 Å². The number of hydrogen-bond donors (Lipinski definition) is 1. The number of hydrogen-bond acceptors (Lipinski definition) is 6. The van der Waals surface area contributed by atoms with E-state index in [-0.39, 0.29) is 70.6 Å². The van der Waals surface area contributed by atoms with Crippen LogP contribution in [0, 0.1) is 0 Å². The minimum Gasteiger partial charge on any atom is -0.550 e. The molecule has 1 atom stereocenters. The van der Waals surface area contributed by atoms with E-state index in [1.165, 1.54) is 0 Å². The number of unbranched alkanes of at least 4 members (excludes halogenated alkanes) is 2. The van der Waals surface area contributed by atoms with Gasteiger partial charge < -0.3 is 20.4 Å². The Morgan fingerprint density at radius 1 is 1.22 bits per heavy atom. The molecule has 0 bridgehead atoms. The van der Waals surface area contributed by atoms with Crippen LogP contribution in [-0.2, 0) is 19.1 Å². The molecular weight excluding hydrogens is 265 g/mol. The summed E-state index contributed by atoms with van der Waals surface area (Å²) in [4.78, 5) is 32.5. The number of aliphatic carboxylic acids is 1. The van der Waals surface area contributed by atoms with Crippen molar-refractivity contribution in [1.29, 1.82) is 0 Å². The number of carbonyl (C=O) groups excluding carboxylic acids is 3. The quantitative estimate of drug-likeness (QED) is 0.214. The van der Waals surface area contributed by atoms with Gasteiger partial charge in [-0.05, 0) is 19.3 Å². The predicted octanol–water partition coefficient (Wildman–Crippen LogP) is -3.50. The molecule has 0 heterocycles. The maximum absolute atomic E-state index is 11.2.